The predicted molar refractivity (Wildman–Crippen MR) is 117 cm³/mol. The molecule has 0 saturated carbocycles. The van der Waals surface area contributed by atoms with Gasteiger partial charge in [0.1, 0.15) is 17.2 Å². The van der Waals surface area contributed by atoms with Crippen molar-refractivity contribution in [3.8, 4) is 0 Å². The van der Waals surface area contributed by atoms with E-state index in [0.29, 0.717) is 16.7 Å². The molecule has 1 aliphatic carbocycles. The van der Waals surface area contributed by atoms with Gasteiger partial charge in [-0.15, -0.1) is 0 Å². The third-order valence-electron chi connectivity index (χ3n) is 5.57. The van der Waals surface area contributed by atoms with Gasteiger partial charge in [0, 0.05) is 18.8 Å². The van der Waals surface area contributed by atoms with Crippen LogP contribution in [-0.2, 0) is 7.05 Å². The Morgan fingerprint density at radius 2 is 2.07 bits per heavy atom. The summed E-state index contributed by atoms with van der Waals surface area (Å²) in [4.78, 5) is 33.6. The molecule has 0 aliphatic heterocycles. The summed E-state index contributed by atoms with van der Waals surface area (Å²) in [5.74, 6) is -0.0568. The van der Waals surface area contributed by atoms with Gasteiger partial charge >= 0.3 is 5.97 Å². The molecule has 0 spiro atoms. The first-order valence-corrected chi connectivity index (χ1v) is 10.1. The molecular formula is C23H24N4O3. The molecule has 154 valence electrons. The molecule has 3 aromatic rings. The molecule has 4 rings (SSSR count). The van der Waals surface area contributed by atoms with Crippen LogP contribution in [0.3, 0.4) is 0 Å². The first-order valence-electron chi connectivity index (χ1n) is 10.1. The SMILES string of the molecule is C[C@@H](Nc1ncccc1C(=O)O)c1cccc2c(=O)n(C)c(C3=CCCCC3)nc12. The minimum Gasteiger partial charge on any atom is -0.478 e. The summed E-state index contributed by atoms with van der Waals surface area (Å²) in [6.07, 6.45) is 7.89. The summed E-state index contributed by atoms with van der Waals surface area (Å²) in [5, 5.41) is 13.1. The van der Waals surface area contributed by atoms with Crippen LogP contribution in [0.1, 0.15) is 60.4 Å². The van der Waals surface area contributed by atoms with Gasteiger partial charge in [-0.05, 0) is 56.4 Å². The maximum absolute atomic E-state index is 13.1. The lowest BCUT2D eigenvalue weighted by Gasteiger charge is -2.20. The van der Waals surface area contributed by atoms with Crippen molar-refractivity contribution < 1.29 is 9.90 Å². The van der Waals surface area contributed by atoms with E-state index in [2.05, 4.69) is 16.4 Å². The fourth-order valence-corrected chi connectivity index (χ4v) is 3.97. The zero-order valence-corrected chi connectivity index (χ0v) is 17.1. The van der Waals surface area contributed by atoms with Gasteiger partial charge in [-0.1, -0.05) is 18.2 Å². The number of rotatable bonds is 5. The van der Waals surface area contributed by atoms with Crippen LogP contribution in [0, 0.1) is 0 Å². The Kier molecular flexibility index (Phi) is 5.35. The number of benzene rings is 1. The monoisotopic (exact) mass is 404 g/mol. The van der Waals surface area contributed by atoms with Crippen molar-refractivity contribution in [2.24, 2.45) is 7.05 Å². The zero-order chi connectivity index (χ0) is 21.3. The van der Waals surface area contributed by atoms with Gasteiger partial charge in [0.25, 0.3) is 5.56 Å². The number of hydrogen-bond acceptors (Lipinski definition) is 5. The van der Waals surface area contributed by atoms with Crippen LogP contribution in [0.4, 0.5) is 5.82 Å². The van der Waals surface area contributed by atoms with Gasteiger partial charge in [0.2, 0.25) is 0 Å². The number of carbonyl (C=O) groups is 1. The van der Waals surface area contributed by atoms with E-state index in [9.17, 15) is 14.7 Å². The van der Waals surface area contributed by atoms with Gasteiger partial charge in [-0.2, -0.15) is 0 Å². The van der Waals surface area contributed by atoms with E-state index in [4.69, 9.17) is 4.98 Å². The number of nitrogens with one attached hydrogen (secondary N) is 1. The van der Waals surface area contributed by atoms with Crippen molar-refractivity contribution in [3.63, 3.8) is 0 Å². The van der Waals surface area contributed by atoms with E-state index in [1.807, 2.05) is 19.1 Å². The summed E-state index contributed by atoms with van der Waals surface area (Å²) >= 11 is 0. The molecule has 0 amide bonds. The van der Waals surface area contributed by atoms with Gasteiger partial charge in [-0.25, -0.2) is 14.8 Å². The van der Waals surface area contributed by atoms with Crippen molar-refractivity contribution >= 4 is 28.3 Å². The van der Waals surface area contributed by atoms with Crippen LogP contribution in [0.2, 0.25) is 0 Å². The van der Waals surface area contributed by atoms with Gasteiger partial charge in [0.05, 0.1) is 16.9 Å². The lowest BCUT2D eigenvalue weighted by atomic mass is 9.98. The molecule has 1 aliphatic rings. The number of allylic oxidation sites excluding steroid dienone is 2. The molecule has 0 radical (unpaired) electrons. The number of pyridine rings is 1. The van der Waals surface area contributed by atoms with Crippen LogP contribution in [0.5, 0.6) is 0 Å². The Morgan fingerprint density at radius 3 is 2.80 bits per heavy atom. The third kappa shape index (κ3) is 3.58. The lowest BCUT2D eigenvalue weighted by molar-refractivity contribution is 0.0697. The maximum Gasteiger partial charge on any atom is 0.339 e. The first-order chi connectivity index (χ1) is 14.5. The summed E-state index contributed by atoms with van der Waals surface area (Å²) in [5.41, 5.74) is 2.58. The predicted octanol–water partition coefficient (Wildman–Crippen LogP) is 4.16. The van der Waals surface area contributed by atoms with E-state index < -0.39 is 5.97 Å². The number of nitrogens with zero attached hydrogens (tertiary/aromatic N) is 3. The minimum absolute atomic E-state index is 0.0837. The molecule has 7 heteroatoms. The summed E-state index contributed by atoms with van der Waals surface area (Å²) in [6, 6.07) is 8.32. The van der Waals surface area contributed by atoms with E-state index in [1.165, 1.54) is 6.07 Å². The molecule has 2 aromatic heterocycles. The van der Waals surface area contributed by atoms with Crippen LogP contribution < -0.4 is 10.9 Å². The third-order valence-corrected chi connectivity index (χ3v) is 5.57. The normalized spacial score (nSPS) is 14.9. The highest BCUT2D eigenvalue weighted by atomic mass is 16.4. The Morgan fingerprint density at radius 1 is 1.23 bits per heavy atom. The highest BCUT2D eigenvalue weighted by Gasteiger charge is 2.19. The van der Waals surface area contributed by atoms with Crippen molar-refractivity contribution in [2.75, 3.05) is 5.32 Å². The molecule has 7 nitrogen and oxygen atoms in total. The van der Waals surface area contributed by atoms with E-state index in [-0.39, 0.29) is 23.0 Å². The van der Waals surface area contributed by atoms with Crippen molar-refractivity contribution in [1.29, 1.82) is 0 Å². The number of para-hydroxylation sites is 1. The Bertz CT molecular complexity index is 1210. The maximum atomic E-state index is 13.1. The highest BCUT2D eigenvalue weighted by Crippen LogP contribution is 2.29. The molecule has 0 fully saturated rings. The van der Waals surface area contributed by atoms with E-state index in [1.54, 1.807) is 29.9 Å². The quantitative estimate of drug-likeness (QED) is 0.663. The number of fused-ring (bicyclic) bond motifs is 1. The standard InChI is InChI=1S/C23H24N4O3/c1-14(25-20-18(23(29)30)12-7-13-24-20)16-10-6-11-17-19(16)26-21(27(2)22(17)28)15-8-4-3-5-9-15/h6-8,10-14H,3-5,9H2,1-2H3,(H,24,25)(H,29,30)/t14-/m1/s1. The van der Waals surface area contributed by atoms with Crippen molar-refractivity contribution in [2.45, 2.75) is 38.6 Å². The van der Waals surface area contributed by atoms with Crippen LogP contribution in [0.25, 0.3) is 16.5 Å². The van der Waals surface area contributed by atoms with Crippen LogP contribution in [0.15, 0.2) is 47.4 Å². The molecule has 2 heterocycles. The molecule has 1 aromatic carbocycles. The number of anilines is 1. The molecule has 0 unspecified atom stereocenters. The largest absolute Gasteiger partial charge is 0.478 e. The molecule has 0 saturated heterocycles. The summed E-state index contributed by atoms with van der Waals surface area (Å²) in [7, 11) is 1.76. The molecule has 1 atom stereocenters. The molecule has 0 bridgehead atoms. The second kappa shape index (κ2) is 8.10. The first kappa shape index (κ1) is 19.8. The lowest BCUT2D eigenvalue weighted by Crippen LogP contribution is -2.23. The number of aromatic nitrogens is 3. The van der Waals surface area contributed by atoms with Gasteiger partial charge < -0.3 is 10.4 Å². The Hall–Kier alpha value is -3.48. The minimum atomic E-state index is -1.05. The summed E-state index contributed by atoms with van der Waals surface area (Å²) in [6.45, 7) is 1.91. The van der Waals surface area contributed by atoms with E-state index in [0.717, 1.165) is 36.8 Å². The molecule has 30 heavy (non-hydrogen) atoms. The second-order valence-electron chi connectivity index (χ2n) is 7.59. The number of carboxylic acid groups (broad SMARTS) is 1. The fourth-order valence-electron chi connectivity index (χ4n) is 3.97. The van der Waals surface area contributed by atoms with Gasteiger partial charge in [0.15, 0.2) is 0 Å². The van der Waals surface area contributed by atoms with E-state index >= 15 is 0 Å². The number of carboxylic acids is 1. The second-order valence-corrected chi connectivity index (χ2v) is 7.59. The highest BCUT2D eigenvalue weighted by molar-refractivity contribution is 5.93. The van der Waals surface area contributed by atoms with Crippen molar-refractivity contribution in [3.05, 3.63) is 69.9 Å². The van der Waals surface area contributed by atoms with Crippen LogP contribution >= 0.6 is 0 Å². The van der Waals surface area contributed by atoms with Crippen LogP contribution in [-0.4, -0.2) is 25.6 Å². The van der Waals surface area contributed by atoms with Gasteiger partial charge in [-0.3, -0.25) is 9.36 Å². The topological polar surface area (TPSA) is 97.1 Å². The number of aromatic carboxylic acids is 1. The average Bonchev–Trinajstić information content (AvgIpc) is 2.76. The zero-order valence-electron chi connectivity index (χ0n) is 17.1. The molecule has 2 N–H and O–H groups in total. The van der Waals surface area contributed by atoms with Crippen molar-refractivity contribution in [1.82, 2.24) is 14.5 Å². The molecular weight excluding hydrogens is 380 g/mol. The average molecular weight is 404 g/mol. The fraction of sp³-hybridized carbons (Fsp3) is 0.304. The summed E-state index contributed by atoms with van der Waals surface area (Å²) < 4.78 is 1.63. The number of hydrogen-bond donors (Lipinski definition) is 2. The Labute approximate surface area is 174 Å². The smallest absolute Gasteiger partial charge is 0.339 e. The Balaban J connectivity index is 1.81.